The molecule has 7 nitrogen and oxygen atoms in total. The highest BCUT2D eigenvalue weighted by Crippen LogP contribution is 2.32. The van der Waals surface area contributed by atoms with Crippen molar-refractivity contribution in [3.05, 3.63) is 47.9 Å². The molecule has 8 heteroatoms. The van der Waals surface area contributed by atoms with Gasteiger partial charge in [-0.3, -0.25) is 9.82 Å². The van der Waals surface area contributed by atoms with Crippen molar-refractivity contribution in [3.8, 4) is 11.3 Å². The standard InChI is InChI=1S/C14H14N4O3S/c1-9-12(8-15-16-9)22(19,20)18-13-10(2)17-21-14(13)11-6-4-3-5-7-11/h3-8,18H,1-2H3,(H,15,16). The molecule has 1 aromatic carbocycles. The van der Waals surface area contributed by atoms with Crippen molar-refractivity contribution in [2.45, 2.75) is 18.7 Å². The summed E-state index contributed by atoms with van der Waals surface area (Å²) in [7, 11) is -3.77. The first-order valence-electron chi connectivity index (χ1n) is 6.53. The summed E-state index contributed by atoms with van der Waals surface area (Å²) in [6, 6.07) is 9.19. The van der Waals surface area contributed by atoms with Crippen LogP contribution in [-0.4, -0.2) is 23.8 Å². The molecule has 0 spiro atoms. The first-order chi connectivity index (χ1) is 10.5. The number of rotatable bonds is 4. The minimum atomic E-state index is -3.77. The molecule has 0 fully saturated rings. The molecule has 0 bridgehead atoms. The molecule has 0 saturated heterocycles. The van der Waals surface area contributed by atoms with Crippen LogP contribution >= 0.6 is 0 Å². The molecule has 2 N–H and O–H groups in total. The summed E-state index contributed by atoms with van der Waals surface area (Å²) in [5, 5.41) is 10.2. The number of H-pyrrole nitrogens is 1. The van der Waals surface area contributed by atoms with E-state index in [1.165, 1.54) is 6.20 Å². The van der Waals surface area contributed by atoms with E-state index in [4.69, 9.17) is 4.52 Å². The average Bonchev–Trinajstić information content (AvgIpc) is 3.07. The third-order valence-electron chi connectivity index (χ3n) is 3.21. The topological polar surface area (TPSA) is 101 Å². The van der Waals surface area contributed by atoms with E-state index in [-0.39, 0.29) is 4.90 Å². The van der Waals surface area contributed by atoms with Crippen molar-refractivity contribution >= 4 is 15.7 Å². The van der Waals surface area contributed by atoms with Gasteiger partial charge in [-0.05, 0) is 13.8 Å². The molecule has 0 radical (unpaired) electrons. The van der Waals surface area contributed by atoms with Gasteiger partial charge in [0, 0.05) is 5.56 Å². The van der Waals surface area contributed by atoms with E-state index < -0.39 is 10.0 Å². The largest absolute Gasteiger partial charge is 0.354 e. The van der Waals surface area contributed by atoms with E-state index in [0.29, 0.717) is 22.8 Å². The van der Waals surface area contributed by atoms with Gasteiger partial charge < -0.3 is 4.52 Å². The number of nitrogens with zero attached hydrogens (tertiary/aromatic N) is 2. The van der Waals surface area contributed by atoms with Gasteiger partial charge in [-0.25, -0.2) is 8.42 Å². The van der Waals surface area contributed by atoms with Crippen molar-refractivity contribution in [1.82, 2.24) is 15.4 Å². The maximum atomic E-state index is 12.5. The van der Waals surface area contributed by atoms with Crippen molar-refractivity contribution in [1.29, 1.82) is 0 Å². The van der Waals surface area contributed by atoms with Crippen LogP contribution in [0.4, 0.5) is 5.69 Å². The Balaban J connectivity index is 2.04. The molecule has 0 saturated carbocycles. The predicted octanol–water partition coefficient (Wildman–Crippen LogP) is 2.48. The van der Waals surface area contributed by atoms with Gasteiger partial charge in [-0.2, -0.15) is 5.10 Å². The smallest absolute Gasteiger partial charge is 0.265 e. The summed E-state index contributed by atoms with van der Waals surface area (Å²) in [5.74, 6) is 0.378. The number of sulfonamides is 1. The number of nitrogens with one attached hydrogen (secondary N) is 2. The van der Waals surface area contributed by atoms with E-state index in [1.807, 2.05) is 30.3 Å². The fourth-order valence-electron chi connectivity index (χ4n) is 2.08. The average molecular weight is 318 g/mol. The lowest BCUT2D eigenvalue weighted by atomic mass is 10.1. The Labute approximate surface area is 127 Å². The summed E-state index contributed by atoms with van der Waals surface area (Å²) in [5.41, 5.74) is 1.99. The third kappa shape index (κ3) is 2.48. The van der Waals surface area contributed by atoms with Gasteiger partial charge in [0.25, 0.3) is 10.0 Å². The molecule has 0 unspecified atom stereocenters. The van der Waals surface area contributed by atoms with Gasteiger partial charge in [0.05, 0.1) is 11.9 Å². The third-order valence-corrected chi connectivity index (χ3v) is 4.67. The number of anilines is 1. The van der Waals surface area contributed by atoms with Crippen LogP contribution in [0.5, 0.6) is 0 Å². The number of hydrogen-bond acceptors (Lipinski definition) is 5. The maximum absolute atomic E-state index is 12.5. The van der Waals surface area contributed by atoms with Gasteiger partial charge in [-0.15, -0.1) is 0 Å². The van der Waals surface area contributed by atoms with E-state index >= 15 is 0 Å². The zero-order chi connectivity index (χ0) is 15.7. The molecular weight excluding hydrogens is 304 g/mol. The highest BCUT2D eigenvalue weighted by molar-refractivity contribution is 7.92. The molecule has 0 aliphatic carbocycles. The van der Waals surface area contributed by atoms with E-state index in [9.17, 15) is 8.42 Å². The molecule has 0 amide bonds. The molecule has 114 valence electrons. The second-order valence-corrected chi connectivity index (χ2v) is 6.45. The first-order valence-corrected chi connectivity index (χ1v) is 8.02. The Kier molecular flexibility index (Phi) is 3.45. The lowest BCUT2D eigenvalue weighted by molar-refractivity contribution is 0.427. The molecule has 3 rings (SSSR count). The van der Waals surface area contributed by atoms with E-state index in [1.54, 1.807) is 13.8 Å². The molecule has 0 aliphatic rings. The molecular formula is C14H14N4O3S. The Hall–Kier alpha value is -2.61. The van der Waals surface area contributed by atoms with Crippen LogP contribution in [0.3, 0.4) is 0 Å². The van der Waals surface area contributed by atoms with Gasteiger partial charge in [-0.1, -0.05) is 35.5 Å². The number of aryl methyl sites for hydroxylation is 2. The summed E-state index contributed by atoms with van der Waals surface area (Å²) in [4.78, 5) is 0.0899. The quantitative estimate of drug-likeness (QED) is 0.769. The highest BCUT2D eigenvalue weighted by atomic mass is 32.2. The Morgan fingerprint density at radius 3 is 2.55 bits per heavy atom. The zero-order valence-electron chi connectivity index (χ0n) is 12.0. The van der Waals surface area contributed by atoms with Gasteiger partial charge in [0.1, 0.15) is 16.3 Å². The van der Waals surface area contributed by atoms with Gasteiger partial charge >= 0.3 is 0 Å². The van der Waals surface area contributed by atoms with Crippen LogP contribution in [0.25, 0.3) is 11.3 Å². The lowest BCUT2D eigenvalue weighted by Gasteiger charge is -2.07. The van der Waals surface area contributed by atoms with Crippen LogP contribution in [0.1, 0.15) is 11.4 Å². The van der Waals surface area contributed by atoms with Crippen molar-refractivity contribution in [2.24, 2.45) is 0 Å². The molecule has 0 aliphatic heterocycles. The van der Waals surface area contributed by atoms with Gasteiger partial charge in [0.2, 0.25) is 0 Å². The van der Waals surface area contributed by atoms with Gasteiger partial charge in [0.15, 0.2) is 5.76 Å². The van der Waals surface area contributed by atoms with Crippen LogP contribution in [0.2, 0.25) is 0 Å². The maximum Gasteiger partial charge on any atom is 0.265 e. The molecule has 3 aromatic rings. The normalized spacial score (nSPS) is 11.5. The second kappa shape index (κ2) is 5.30. The van der Waals surface area contributed by atoms with Crippen LogP contribution in [0.15, 0.2) is 45.9 Å². The highest BCUT2D eigenvalue weighted by Gasteiger charge is 2.24. The fraction of sp³-hybridized carbons (Fsp3) is 0.143. The first kappa shape index (κ1) is 14.3. The fourth-order valence-corrected chi connectivity index (χ4v) is 3.34. The van der Waals surface area contributed by atoms with Crippen LogP contribution in [0, 0.1) is 13.8 Å². The molecule has 2 aromatic heterocycles. The number of benzene rings is 1. The van der Waals surface area contributed by atoms with Crippen molar-refractivity contribution in [3.63, 3.8) is 0 Å². The van der Waals surface area contributed by atoms with E-state index in [2.05, 4.69) is 20.1 Å². The van der Waals surface area contributed by atoms with Crippen molar-refractivity contribution < 1.29 is 12.9 Å². The Morgan fingerprint density at radius 2 is 1.91 bits per heavy atom. The number of hydrogen-bond donors (Lipinski definition) is 2. The Bertz CT molecular complexity index is 897. The number of aromatic nitrogens is 3. The SMILES string of the molecule is Cc1noc(-c2ccccc2)c1NS(=O)(=O)c1cn[nH]c1C. The Morgan fingerprint density at radius 1 is 1.18 bits per heavy atom. The van der Waals surface area contributed by atoms with E-state index in [0.717, 1.165) is 5.56 Å². The summed E-state index contributed by atoms with van der Waals surface area (Å²) >= 11 is 0. The molecule has 2 heterocycles. The molecule has 22 heavy (non-hydrogen) atoms. The van der Waals surface area contributed by atoms with Crippen molar-refractivity contribution in [2.75, 3.05) is 4.72 Å². The predicted molar refractivity (Wildman–Crippen MR) is 80.8 cm³/mol. The second-order valence-electron chi connectivity index (χ2n) is 4.80. The molecule has 0 atom stereocenters. The monoisotopic (exact) mass is 318 g/mol. The number of aromatic amines is 1. The summed E-state index contributed by atoms with van der Waals surface area (Å²) in [6.45, 7) is 3.32. The minimum Gasteiger partial charge on any atom is -0.354 e. The summed E-state index contributed by atoms with van der Waals surface area (Å²) in [6.07, 6.45) is 1.27. The van der Waals surface area contributed by atoms with Crippen LogP contribution < -0.4 is 4.72 Å². The van der Waals surface area contributed by atoms with Crippen LogP contribution in [-0.2, 0) is 10.0 Å². The minimum absolute atomic E-state index is 0.0899. The summed E-state index contributed by atoms with van der Waals surface area (Å²) < 4.78 is 32.8. The lowest BCUT2D eigenvalue weighted by Crippen LogP contribution is -2.14. The zero-order valence-corrected chi connectivity index (χ0v) is 12.8.